The van der Waals surface area contributed by atoms with Crippen LogP contribution in [0.25, 0.3) is 5.57 Å². The van der Waals surface area contributed by atoms with Crippen LogP contribution in [-0.2, 0) is 9.84 Å². The van der Waals surface area contributed by atoms with E-state index in [0.717, 1.165) is 5.56 Å². The van der Waals surface area contributed by atoms with Crippen LogP contribution in [0.2, 0.25) is 0 Å². The van der Waals surface area contributed by atoms with Gasteiger partial charge in [-0.15, -0.1) is 0 Å². The van der Waals surface area contributed by atoms with Gasteiger partial charge in [0.1, 0.15) is 17.6 Å². The lowest BCUT2D eigenvalue weighted by Crippen LogP contribution is -2.15. The van der Waals surface area contributed by atoms with E-state index in [0.29, 0.717) is 28.2 Å². The number of sulfone groups is 1. The summed E-state index contributed by atoms with van der Waals surface area (Å²) in [5, 5.41) is 11.4. The minimum atomic E-state index is -4.01. The summed E-state index contributed by atoms with van der Waals surface area (Å²) >= 11 is 0. The SMILES string of the molecule is COc1ccc(C(O)/C(=C(\C)c2ccccc2)S(=O)(=O)c2ccc(C)cc2)c(OC)c1. The van der Waals surface area contributed by atoms with Crippen molar-refractivity contribution in [1.29, 1.82) is 0 Å². The highest BCUT2D eigenvalue weighted by atomic mass is 32.2. The summed E-state index contributed by atoms with van der Waals surface area (Å²) < 4.78 is 38.1. The maximum atomic E-state index is 13.7. The summed E-state index contributed by atoms with van der Waals surface area (Å²) in [7, 11) is -1.02. The zero-order valence-electron chi connectivity index (χ0n) is 18.0. The third kappa shape index (κ3) is 4.65. The Hall–Kier alpha value is -3.09. The number of allylic oxidation sites excluding steroid dienone is 1. The topological polar surface area (TPSA) is 72.8 Å². The molecule has 0 aliphatic carbocycles. The van der Waals surface area contributed by atoms with Gasteiger partial charge in [0, 0.05) is 11.6 Å². The first-order valence-electron chi connectivity index (χ1n) is 9.77. The summed E-state index contributed by atoms with van der Waals surface area (Å²) in [6.45, 7) is 3.59. The molecule has 0 heterocycles. The van der Waals surface area contributed by atoms with Crippen LogP contribution in [0.4, 0.5) is 0 Å². The van der Waals surface area contributed by atoms with Crippen LogP contribution in [0, 0.1) is 6.92 Å². The molecule has 0 aliphatic heterocycles. The van der Waals surface area contributed by atoms with Crippen LogP contribution < -0.4 is 9.47 Å². The largest absolute Gasteiger partial charge is 0.497 e. The lowest BCUT2D eigenvalue weighted by molar-refractivity contribution is 0.217. The van der Waals surface area contributed by atoms with Gasteiger partial charge in [0.25, 0.3) is 0 Å². The van der Waals surface area contributed by atoms with E-state index in [1.54, 1.807) is 49.4 Å². The maximum Gasteiger partial charge on any atom is 0.205 e. The van der Waals surface area contributed by atoms with Gasteiger partial charge < -0.3 is 14.6 Å². The Morgan fingerprint density at radius 2 is 1.55 bits per heavy atom. The quantitative estimate of drug-likeness (QED) is 0.565. The van der Waals surface area contributed by atoms with Gasteiger partial charge in [0.15, 0.2) is 0 Å². The number of aryl methyl sites for hydroxylation is 1. The molecule has 5 nitrogen and oxygen atoms in total. The fourth-order valence-corrected chi connectivity index (χ4v) is 5.10. The molecule has 0 spiro atoms. The first-order chi connectivity index (χ1) is 14.8. The highest BCUT2D eigenvalue weighted by molar-refractivity contribution is 7.95. The number of aliphatic hydroxyl groups is 1. The van der Waals surface area contributed by atoms with E-state index in [1.165, 1.54) is 14.2 Å². The molecule has 0 saturated carbocycles. The van der Waals surface area contributed by atoms with Crippen LogP contribution in [-0.4, -0.2) is 27.7 Å². The molecule has 3 aromatic rings. The molecule has 6 heteroatoms. The summed E-state index contributed by atoms with van der Waals surface area (Å²) in [5.41, 5.74) is 2.46. The summed E-state index contributed by atoms with van der Waals surface area (Å²) in [6.07, 6.45) is -1.44. The summed E-state index contributed by atoms with van der Waals surface area (Å²) in [4.78, 5) is 0.0286. The number of aliphatic hydroxyl groups excluding tert-OH is 1. The Balaban J connectivity index is 2.26. The Bertz CT molecular complexity index is 1180. The Morgan fingerprint density at radius 3 is 2.13 bits per heavy atom. The highest BCUT2D eigenvalue weighted by Gasteiger charge is 2.32. The maximum absolute atomic E-state index is 13.7. The van der Waals surface area contributed by atoms with Crippen LogP contribution in [0.3, 0.4) is 0 Å². The van der Waals surface area contributed by atoms with E-state index in [1.807, 2.05) is 37.3 Å². The van der Waals surface area contributed by atoms with E-state index < -0.39 is 15.9 Å². The zero-order chi connectivity index (χ0) is 22.6. The molecule has 0 saturated heterocycles. The Morgan fingerprint density at radius 1 is 0.903 bits per heavy atom. The first-order valence-corrected chi connectivity index (χ1v) is 11.3. The second-order valence-corrected chi connectivity index (χ2v) is 9.10. The fraction of sp³-hybridized carbons (Fsp3) is 0.200. The lowest BCUT2D eigenvalue weighted by Gasteiger charge is -2.21. The summed E-state index contributed by atoms with van der Waals surface area (Å²) in [5.74, 6) is 0.879. The highest BCUT2D eigenvalue weighted by Crippen LogP contribution is 2.40. The van der Waals surface area contributed by atoms with Crippen LogP contribution in [0.15, 0.2) is 82.6 Å². The van der Waals surface area contributed by atoms with Crippen molar-refractivity contribution >= 4 is 15.4 Å². The van der Waals surface area contributed by atoms with Crippen LogP contribution in [0.1, 0.15) is 29.7 Å². The molecular formula is C25H26O5S. The molecule has 1 N–H and O–H groups in total. The average molecular weight is 439 g/mol. The van der Waals surface area contributed by atoms with E-state index in [-0.39, 0.29) is 9.80 Å². The van der Waals surface area contributed by atoms with Crippen molar-refractivity contribution in [3.63, 3.8) is 0 Å². The third-order valence-corrected chi connectivity index (χ3v) is 7.18. The number of benzene rings is 3. The number of rotatable bonds is 7. The van der Waals surface area contributed by atoms with Crippen molar-refractivity contribution in [2.45, 2.75) is 24.8 Å². The molecule has 0 fully saturated rings. The predicted octanol–water partition coefficient (Wildman–Crippen LogP) is 4.95. The number of hydrogen-bond acceptors (Lipinski definition) is 5. The van der Waals surface area contributed by atoms with Crippen molar-refractivity contribution in [3.8, 4) is 11.5 Å². The molecule has 0 amide bonds. The van der Waals surface area contributed by atoms with Crippen molar-refractivity contribution in [3.05, 3.63) is 94.4 Å². The number of hydrogen-bond donors (Lipinski definition) is 1. The van der Waals surface area contributed by atoms with Gasteiger partial charge in [-0.3, -0.25) is 0 Å². The van der Waals surface area contributed by atoms with E-state index in [4.69, 9.17) is 9.47 Å². The Kier molecular flexibility index (Phi) is 6.83. The van der Waals surface area contributed by atoms with Crippen molar-refractivity contribution in [2.24, 2.45) is 0 Å². The molecule has 3 aromatic carbocycles. The van der Waals surface area contributed by atoms with Crippen molar-refractivity contribution in [1.82, 2.24) is 0 Å². The minimum absolute atomic E-state index is 0.0916. The lowest BCUT2D eigenvalue weighted by atomic mass is 10.0. The van der Waals surface area contributed by atoms with Gasteiger partial charge in [0.05, 0.1) is 24.0 Å². The van der Waals surface area contributed by atoms with Crippen molar-refractivity contribution in [2.75, 3.05) is 14.2 Å². The van der Waals surface area contributed by atoms with Gasteiger partial charge in [-0.05, 0) is 49.2 Å². The van der Waals surface area contributed by atoms with Gasteiger partial charge in [-0.25, -0.2) is 8.42 Å². The molecule has 1 atom stereocenters. The second kappa shape index (κ2) is 9.37. The van der Waals surface area contributed by atoms with Gasteiger partial charge >= 0.3 is 0 Å². The van der Waals surface area contributed by atoms with Gasteiger partial charge in [-0.2, -0.15) is 0 Å². The molecule has 162 valence electrons. The van der Waals surface area contributed by atoms with Crippen LogP contribution in [0.5, 0.6) is 11.5 Å². The standard InChI is InChI=1S/C25H26O5S/c1-17-10-13-21(14-11-17)31(27,28)25(18(2)19-8-6-5-7-9-19)24(26)22-15-12-20(29-3)16-23(22)30-4/h5-16,24,26H,1-4H3/b25-18-. The van der Waals surface area contributed by atoms with Crippen molar-refractivity contribution < 1.29 is 23.0 Å². The first kappa shape index (κ1) is 22.6. The van der Waals surface area contributed by atoms with E-state index in [2.05, 4.69) is 0 Å². The zero-order valence-corrected chi connectivity index (χ0v) is 18.8. The normalized spacial score (nSPS) is 13.3. The molecule has 0 radical (unpaired) electrons. The van der Waals surface area contributed by atoms with E-state index >= 15 is 0 Å². The molecule has 0 bridgehead atoms. The van der Waals surface area contributed by atoms with Gasteiger partial charge in [-0.1, -0.05) is 48.0 Å². The molecule has 0 aromatic heterocycles. The summed E-state index contributed by atoms with van der Waals surface area (Å²) in [6, 6.07) is 20.6. The number of ether oxygens (including phenoxy) is 2. The molecule has 0 aliphatic rings. The van der Waals surface area contributed by atoms with E-state index in [9.17, 15) is 13.5 Å². The monoisotopic (exact) mass is 438 g/mol. The third-order valence-electron chi connectivity index (χ3n) is 5.18. The van der Waals surface area contributed by atoms with Gasteiger partial charge in [0.2, 0.25) is 9.84 Å². The molecule has 31 heavy (non-hydrogen) atoms. The predicted molar refractivity (Wildman–Crippen MR) is 122 cm³/mol. The number of methoxy groups -OCH3 is 2. The second-order valence-electron chi connectivity index (χ2n) is 7.18. The average Bonchev–Trinajstić information content (AvgIpc) is 2.79. The molecular weight excluding hydrogens is 412 g/mol. The molecule has 1 unspecified atom stereocenters. The molecule has 3 rings (SSSR count). The fourth-order valence-electron chi connectivity index (χ4n) is 3.41. The smallest absolute Gasteiger partial charge is 0.205 e. The van der Waals surface area contributed by atoms with Crippen LogP contribution >= 0.6 is 0 Å². The Labute approximate surface area is 183 Å². The minimum Gasteiger partial charge on any atom is -0.497 e.